The lowest BCUT2D eigenvalue weighted by Gasteiger charge is -2.17. The SMILES string of the molecule is CC(ON=[N+]([O-])N1CCC[C@H]1C(=O)O)OC(=O)c1ccccc1. The highest BCUT2D eigenvalue weighted by molar-refractivity contribution is 5.89. The number of carboxylic acid groups (broad SMARTS) is 1. The van der Waals surface area contributed by atoms with E-state index in [-0.39, 0.29) is 11.5 Å². The van der Waals surface area contributed by atoms with Crippen molar-refractivity contribution in [3.8, 4) is 0 Å². The molecule has 0 saturated carbocycles. The molecular formula is C14H17N3O6. The highest BCUT2D eigenvalue weighted by Crippen LogP contribution is 2.17. The summed E-state index contributed by atoms with van der Waals surface area (Å²) in [6.45, 7) is 1.67. The third-order valence-electron chi connectivity index (χ3n) is 3.28. The standard InChI is InChI=1S/C14H17N3O6/c1-10(22-14(20)11-6-3-2-4-7-11)23-15-17(21)16-9-5-8-12(16)13(18)19/h2-4,6-7,10,12H,5,8-9H2,1H3,(H,18,19)/t10?,12-/m0/s1. The molecule has 124 valence electrons. The van der Waals surface area contributed by atoms with Crippen molar-refractivity contribution in [2.75, 3.05) is 6.54 Å². The van der Waals surface area contributed by atoms with E-state index >= 15 is 0 Å². The van der Waals surface area contributed by atoms with E-state index in [9.17, 15) is 14.8 Å². The number of hydrazine groups is 1. The van der Waals surface area contributed by atoms with Crippen molar-refractivity contribution in [1.29, 1.82) is 0 Å². The van der Waals surface area contributed by atoms with Crippen LogP contribution in [0, 0.1) is 5.21 Å². The predicted octanol–water partition coefficient (Wildman–Crippen LogP) is 1.55. The fourth-order valence-corrected chi connectivity index (χ4v) is 2.18. The molecule has 9 nitrogen and oxygen atoms in total. The Balaban J connectivity index is 1.89. The van der Waals surface area contributed by atoms with Gasteiger partial charge in [0.05, 0.1) is 17.1 Å². The van der Waals surface area contributed by atoms with Gasteiger partial charge in [-0.15, -0.1) is 5.01 Å². The van der Waals surface area contributed by atoms with Gasteiger partial charge in [0, 0.05) is 6.92 Å². The molecule has 2 atom stereocenters. The number of benzene rings is 1. The molecule has 1 heterocycles. The van der Waals surface area contributed by atoms with Crippen LogP contribution >= 0.6 is 0 Å². The van der Waals surface area contributed by atoms with Crippen LogP contribution in [0.3, 0.4) is 0 Å². The molecule has 23 heavy (non-hydrogen) atoms. The quantitative estimate of drug-likeness (QED) is 0.278. The van der Waals surface area contributed by atoms with E-state index in [1.54, 1.807) is 30.3 Å². The molecule has 0 aromatic heterocycles. The van der Waals surface area contributed by atoms with E-state index in [2.05, 4.69) is 5.28 Å². The maximum absolute atomic E-state index is 11.8. The molecule has 1 fully saturated rings. The second kappa shape index (κ2) is 7.43. The van der Waals surface area contributed by atoms with Gasteiger partial charge >= 0.3 is 11.9 Å². The summed E-state index contributed by atoms with van der Waals surface area (Å²) < 4.78 is 4.97. The van der Waals surface area contributed by atoms with Crippen LogP contribution in [0.4, 0.5) is 0 Å². The number of hydrogen-bond acceptors (Lipinski definition) is 6. The van der Waals surface area contributed by atoms with Gasteiger partial charge in [0.25, 0.3) is 6.29 Å². The topological polar surface area (TPSA) is 114 Å². The number of carbonyl (C=O) groups is 2. The molecule has 0 bridgehead atoms. The molecule has 0 radical (unpaired) electrons. The Morgan fingerprint density at radius 2 is 2.13 bits per heavy atom. The van der Waals surface area contributed by atoms with E-state index in [0.29, 0.717) is 18.4 Å². The van der Waals surface area contributed by atoms with Crippen LogP contribution in [-0.4, -0.2) is 45.9 Å². The Morgan fingerprint density at radius 3 is 2.78 bits per heavy atom. The van der Waals surface area contributed by atoms with Crippen LogP contribution in [0.5, 0.6) is 0 Å². The number of carbonyl (C=O) groups excluding carboxylic acids is 1. The number of aliphatic carboxylic acids is 1. The van der Waals surface area contributed by atoms with Crippen molar-refractivity contribution in [2.24, 2.45) is 5.28 Å². The lowest BCUT2D eigenvalue weighted by atomic mass is 10.2. The van der Waals surface area contributed by atoms with Gasteiger partial charge in [0.1, 0.15) is 0 Å². The molecule has 9 heteroatoms. The van der Waals surface area contributed by atoms with Crippen molar-refractivity contribution in [1.82, 2.24) is 5.01 Å². The largest absolute Gasteiger partial charge is 0.569 e. The van der Waals surface area contributed by atoms with Crippen molar-refractivity contribution in [2.45, 2.75) is 32.1 Å². The summed E-state index contributed by atoms with van der Waals surface area (Å²) in [5.74, 6) is -1.71. The van der Waals surface area contributed by atoms with Gasteiger partial charge in [0.15, 0.2) is 6.04 Å². The van der Waals surface area contributed by atoms with Crippen LogP contribution in [0.2, 0.25) is 0 Å². The van der Waals surface area contributed by atoms with Crippen LogP contribution < -0.4 is 0 Å². The third kappa shape index (κ3) is 4.31. The second-order valence-electron chi connectivity index (χ2n) is 4.94. The minimum Gasteiger partial charge on any atom is -0.569 e. The number of rotatable bonds is 6. The molecule has 0 spiro atoms. The highest BCUT2D eigenvalue weighted by Gasteiger charge is 2.37. The minimum atomic E-state index is -1.10. The Labute approximate surface area is 132 Å². The van der Waals surface area contributed by atoms with Gasteiger partial charge < -0.3 is 15.1 Å². The number of hydrogen-bond donors (Lipinski definition) is 1. The molecule has 2 rings (SSSR count). The first kappa shape index (κ1) is 16.5. The molecule has 1 aromatic carbocycles. The van der Waals surface area contributed by atoms with Crippen molar-refractivity contribution in [3.63, 3.8) is 0 Å². The highest BCUT2D eigenvalue weighted by atomic mass is 16.8. The van der Waals surface area contributed by atoms with Gasteiger partial charge in [0.2, 0.25) is 5.28 Å². The van der Waals surface area contributed by atoms with Gasteiger partial charge in [-0.2, -0.15) is 0 Å². The van der Waals surface area contributed by atoms with Gasteiger partial charge in [-0.05, 0) is 25.0 Å². The molecule has 1 saturated heterocycles. The van der Waals surface area contributed by atoms with Crippen molar-refractivity contribution >= 4 is 11.9 Å². The van der Waals surface area contributed by atoms with Gasteiger partial charge in [-0.25, -0.2) is 9.59 Å². The maximum atomic E-state index is 11.8. The fourth-order valence-electron chi connectivity index (χ4n) is 2.18. The molecular weight excluding hydrogens is 306 g/mol. The molecule has 1 aliphatic rings. The number of nitrogens with zero attached hydrogens (tertiary/aromatic N) is 3. The fraction of sp³-hybridized carbons (Fsp3) is 0.429. The van der Waals surface area contributed by atoms with E-state index < -0.39 is 24.3 Å². The Morgan fingerprint density at radius 1 is 1.43 bits per heavy atom. The normalized spacial score (nSPS) is 19.3. The summed E-state index contributed by atoms with van der Waals surface area (Å²) in [5.41, 5.74) is 0.340. The molecule has 1 aromatic rings. The van der Waals surface area contributed by atoms with E-state index in [1.807, 2.05) is 0 Å². The number of carboxylic acids is 1. The number of esters is 1. The van der Waals surface area contributed by atoms with Crippen LogP contribution in [0.1, 0.15) is 30.1 Å². The summed E-state index contributed by atoms with van der Waals surface area (Å²) in [4.78, 5) is 27.7. The molecule has 1 unspecified atom stereocenters. The Kier molecular flexibility index (Phi) is 5.34. The third-order valence-corrected chi connectivity index (χ3v) is 3.28. The predicted molar refractivity (Wildman–Crippen MR) is 75.8 cm³/mol. The first-order valence-electron chi connectivity index (χ1n) is 7.08. The first-order valence-corrected chi connectivity index (χ1v) is 7.08. The van der Waals surface area contributed by atoms with E-state index in [1.165, 1.54) is 6.92 Å². The monoisotopic (exact) mass is 323 g/mol. The molecule has 1 N–H and O–H groups in total. The minimum absolute atomic E-state index is 0.0820. The second-order valence-corrected chi connectivity index (χ2v) is 4.94. The van der Waals surface area contributed by atoms with Crippen LogP contribution in [0.25, 0.3) is 0 Å². The average molecular weight is 323 g/mol. The number of ether oxygens (including phenoxy) is 1. The molecule has 0 amide bonds. The zero-order valence-corrected chi connectivity index (χ0v) is 12.5. The van der Waals surface area contributed by atoms with E-state index in [4.69, 9.17) is 14.7 Å². The van der Waals surface area contributed by atoms with Gasteiger partial charge in [-0.1, -0.05) is 18.2 Å². The smallest absolute Gasteiger partial charge is 0.341 e. The zero-order chi connectivity index (χ0) is 16.8. The average Bonchev–Trinajstić information content (AvgIpc) is 3.03. The van der Waals surface area contributed by atoms with Crippen LogP contribution in [-0.2, 0) is 14.4 Å². The summed E-state index contributed by atoms with van der Waals surface area (Å²) in [6.07, 6.45) is -0.156. The lowest BCUT2D eigenvalue weighted by molar-refractivity contribution is -0.714. The van der Waals surface area contributed by atoms with Crippen molar-refractivity contribution in [3.05, 3.63) is 41.1 Å². The van der Waals surface area contributed by atoms with Gasteiger partial charge in [-0.3, -0.25) is 4.84 Å². The van der Waals surface area contributed by atoms with Crippen molar-refractivity contribution < 1.29 is 29.2 Å². The summed E-state index contributed by atoms with van der Waals surface area (Å²) >= 11 is 0. The summed E-state index contributed by atoms with van der Waals surface area (Å²) in [7, 11) is 0. The Bertz CT molecular complexity index is 591. The lowest BCUT2D eigenvalue weighted by Crippen LogP contribution is -2.40. The Hall–Kier alpha value is -2.84. The summed E-state index contributed by atoms with van der Waals surface area (Å²) in [5, 5.41) is 25.0. The zero-order valence-electron chi connectivity index (χ0n) is 12.5. The van der Waals surface area contributed by atoms with E-state index in [0.717, 1.165) is 5.01 Å². The molecule has 0 aliphatic carbocycles. The molecule has 1 aliphatic heterocycles. The first-order chi connectivity index (χ1) is 11.0. The summed E-state index contributed by atoms with van der Waals surface area (Å²) in [6, 6.07) is 7.36. The maximum Gasteiger partial charge on any atom is 0.341 e. The van der Waals surface area contributed by atoms with Crippen LogP contribution in [0.15, 0.2) is 35.6 Å².